The van der Waals surface area contributed by atoms with Gasteiger partial charge >= 0.3 is 0 Å². The topological polar surface area (TPSA) is 6.48 Å². The summed E-state index contributed by atoms with van der Waals surface area (Å²) in [5.74, 6) is 0. The van der Waals surface area contributed by atoms with Gasteiger partial charge in [0.1, 0.15) is 0 Å². The fourth-order valence-corrected chi connectivity index (χ4v) is 1.30. The van der Waals surface area contributed by atoms with E-state index in [0.29, 0.717) is 6.04 Å². The molecule has 1 heterocycles. The molecule has 2 heteroatoms. The van der Waals surface area contributed by atoms with E-state index >= 15 is 0 Å². The summed E-state index contributed by atoms with van der Waals surface area (Å²) in [6.07, 6.45) is 2.02. The second-order valence-electron chi connectivity index (χ2n) is 3.05. The van der Waals surface area contributed by atoms with Crippen molar-refractivity contribution in [2.24, 2.45) is 0 Å². The zero-order valence-electron chi connectivity index (χ0n) is 6.88. The third kappa shape index (κ3) is 1.58. The Bertz CT molecular complexity index is 122. The molecular weight excluding hydrogens is 124 g/mol. The van der Waals surface area contributed by atoms with Gasteiger partial charge in [0, 0.05) is 25.7 Å². The highest BCUT2D eigenvalue weighted by molar-refractivity contribution is 4.91. The summed E-state index contributed by atoms with van der Waals surface area (Å²) in [7, 11) is 4.31. The molecule has 0 saturated carbocycles. The maximum Gasteiger partial charge on any atom is 0.0400 e. The third-order valence-corrected chi connectivity index (χ3v) is 2.17. The van der Waals surface area contributed by atoms with Gasteiger partial charge in [0.25, 0.3) is 0 Å². The molecule has 0 aromatic carbocycles. The first-order chi connectivity index (χ1) is 4.74. The summed E-state index contributed by atoms with van der Waals surface area (Å²) >= 11 is 0. The van der Waals surface area contributed by atoms with Crippen LogP contribution in [0.15, 0.2) is 12.7 Å². The molecule has 0 spiro atoms. The Morgan fingerprint density at radius 3 is 2.60 bits per heavy atom. The molecule has 1 aliphatic heterocycles. The molecule has 58 valence electrons. The maximum absolute atomic E-state index is 3.80. The van der Waals surface area contributed by atoms with Gasteiger partial charge in [-0.05, 0) is 14.1 Å². The fourth-order valence-electron chi connectivity index (χ4n) is 1.30. The molecule has 1 atom stereocenters. The van der Waals surface area contributed by atoms with E-state index in [0.717, 1.165) is 13.1 Å². The van der Waals surface area contributed by atoms with E-state index in [1.54, 1.807) is 0 Å². The first kappa shape index (κ1) is 7.76. The van der Waals surface area contributed by atoms with E-state index in [9.17, 15) is 0 Å². The van der Waals surface area contributed by atoms with Crippen molar-refractivity contribution in [3.05, 3.63) is 12.7 Å². The van der Waals surface area contributed by atoms with Crippen molar-refractivity contribution >= 4 is 0 Å². The summed E-state index contributed by atoms with van der Waals surface area (Å²) in [6.45, 7) is 7.27. The minimum Gasteiger partial charge on any atom is -0.303 e. The van der Waals surface area contributed by atoms with Crippen LogP contribution >= 0.6 is 0 Å². The van der Waals surface area contributed by atoms with Crippen molar-refractivity contribution < 1.29 is 0 Å². The minimum absolute atomic E-state index is 0.554. The average Bonchev–Trinajstić information content (AvgIpc) is 1.94. The highest BCUT2D eigenvalue weighted by atomic mass is 15.3. The third-order valence-electron chi connectivity index (χ3n) is 2.17. The summed E-state index contributed by atoms with van der Waals surface area (Å²) in [5.41, 5.74) is 0. The number of hydrogen-bond acceptors (Lipinski definition) is 2. The van der Waals surface area contributed by atoms with Gasteiger partial charge in [0.05, 0.1) is 0 Å². The van der Waals surface area contributed by atoms with Crippen LogP contribution in [0.2, 0.25) is 0 Å². The van der Waals surface area contributed by atoms with Crippen molar-refractivity contribution in [1.29, 1.82) is 0 Å². The summed E-state index contributed by atoms with van der Waals surface area (Å²) in [4.78, 5) is 4.68. The van der Waals surface area contributed by atoms with Gasteiger partial charge in [-0.3, -0.25) is 4.90 Å². The monoisotopic (exact) mass is 140 g/mol. The van der Waals surface area contributed by atoms with Crippen LogP contribution in [0.25, 0.3) is 0 Å². The quantitative estimate of drug-likeness (QED) is 0.487. The van der Waals surface area contributed by atoms with Crippen LogP contribution in [0.3, 0.4) is 0 Å². The van der Waals surface area contributed by atoms with Crippen molar-refractivity contribution in [3.8, 4) is 0 Å². The van der Waals surface area contributed by atoms with Crippen LogP contribution in [0.1, 0.15) is 0 Å². The first-order valence-corrected chi connectivity index (χ1v) is 3.75. The lowest BCUT2D eigenvalue weighted by Crippen LogP contribution is -2.48. The number of hydrogen-bond donors (Lipinski definition) is 0. The predicted molar refractivity (Wildman–Crippen MR) is 44.1 cm³/mol. The molecule has 0 amide bonds. The van der Waals surface area contributed by atoms with Crippen molar-refractivity contribution in [3.63, 3.8) is 0 Å². The highest BCUT2D eigenvalue weighted by Gasteiger charge is 2.18. The molecule has 1 saturated heterocycles. The predicted octanol–water partition coefficient (Wildman–Crippen LogP) is 0.418. The molecule has 0 aromatic rings. The van der Waals surface area contributed by atoms with Crippen LogP contribution < -0.4 is 0 Å². The standard InChI is InChI=1S/C8H16N2/c1-4-8-7-9(2)5-6-10(8)3/h4,8H,1,5-7H2,2-3H3. The molecule has 0 bridgehead atoms. The van der Waals surface area contributed by atoms with Gasteiger partial charge in [-0.1, -0.05) is 6.08 Å². The Kier molecular flexibility index (Phi) is 2.46. The van der Waals surface area contributed by atoms with E-state index in [2.05, 4.69) is 30.5 Å². The number of rotatable bonds is 1. The lowest BCUT2D eigenvalue weighted by atomic mass is 10.2. The fraction of sp³-hybridized carbons (Fsp3) is 0.750. The molecule has 2 nitrogen and oxygen atoms in total. The molecule has 1 fully saturated rings. The van der Waals surface area contributed by atoms with Gasteiger partial charge in [0.2, 0.25) is 0 Å². The van der Waals surface area contributed by atoms with Crippen LogP contribution in [0.5, 0.6) is 0 Å². The van der Waals surface area contributed by atoms with Crippen LogP contribution in [0.4, 0.5) is 0 Å². The van der Waals surface area contributed by atoms with Crippen LogP contribution in [-0.4, -0.2) is 49.6 Å². The summed E-state index contributed by atoms with van der Waals surface area (Å²) < 4.78 is 0. The number of nitrogens with zero attached hydrogens (tertiary/aromatic N) is 2. The molecule has 1 aliphatic rings. The molecule has 0 radical (unpaired) electrons. The normalized spacial score (nSPS) is 30.4. The van der Waals surface area contributed by atoms with E-state index in [1.807, 2.05) is 6.08 Å². The molecule has 0 aromatic heterocycles. The molecule has 10 heavy (non-hydrogen) atoms. The molecule has 0 N–H and O–H groups in total. The maximum atomic E-state index is 3.80. The summed E-state index contributed by atoms with van der Waals surface area (Å²) in [5, 5.41) is 0. The SMILES string of the molecule is C=CC1CN(C)CCN1C. The van der Waals surface area contributed by atoms with E-state index in [4.69, 9.17) is 0 Å². The number of likely N-dealkylation sites (N-methyl/N-ethyl adjacent to an activating group) is 2. The van der Waals surface area contributed by atoms with Gasteiger partial charge in [0.15, 0.2) is 0 Å². The van der Waals surface area contributed by atoms with E-state index in [-0.39, 0.29) is 0 Å². The second kappa shape index (κ2) is 3.17. The Hall–Kier alpha value is -0.340. The number of piperazine rings is 1. The van der Waals surface area contributed by atoms with E-state index < -0.39 is 0 Å². The van der Waals surface area contributed by atoms with Crippen LogP contribution in [0, 0.1) is 0 Å². The van der Waals surface area contributed by atoms with Gasteiger partial charge in [-0.15, -0.1) is 6.58 Å². The Balaban J connectivity index is 2.45. The largest absolute Gasteiger partial charge is 0.303 e. The van der Waals surface area contributed by atoms with Crippen molar-refractivity contribution in [1.82, 2.24) is 9.80 Å². The second-order valence-corrected chi connectivity index (χ2v) is 3.05. The zero-order chi connectivity index (χ0) is 7.56. The van der Waals surface area contributed by atoms with E-state index in [1.165, 1.54) is 6.54 Å². The molecule has 1 unspecified atom stereocenters. The minimum atomic E-state index is 0.554. The van der Waals surface area contributed by atoms with Gasteiger partial charge in [-0.25, -0.2) is 0 Å². The highest BCUT2D eigenvalue weighted by Crippen LogP contribution is 2.05. The first-order valence-electron chi connectivity index (χ1n) is 3.75. The lowest BCUT2D eigenvalue weighted by molar-refractivity contribution is 0.141. The molecule has 0 aliphatic carbocycles. The summed E-state index contributed by atoms with van der Waals surface area (Å²) in [6, 6.07) is 0.554. The van der Waals surface area contributed by atoms with Crippen molar-refractivity contribution in [2.75, 3.05) is 33.7 Å². The average molecular weight is 140 g/mol. The van der Waals surface area contributed by atoms with Gasteiger partial charge < -0.3 is 4.90 Å². The van der Waals surface area contributed by atoms with Crippen molar-refractivity contribution in [2.45, 2.75) is 6.04 Å². The Morgan fingerprint density at radius 2 is 2.10 bits per heavy atom. The smallest absolute Gasteiger partial charge is 0.0400 e. The zero-order valence-corrected chi connectivity index (χ0v) is 6.88. The molecular formula is C8H16N2. The Labute approximate surface area is 63.1 Å². The lowest BCUT2D eigenvalue weighted by Gasteiger charge is -2.35. The molecule has 1 rings (SSSR count). The van der Waals surface area contributed by atoms with Gasteiger partial charge in [-0.2, -0.15) is 0 Å². The van der Waals surface area contributed by atoms with Crippen LogP contribution in [-0.2, 0) is 0 Å². The Morgan fingerprint density at radius 1 is 1.40 bits per heavy atom.